The Balaban J connectivity index is 0.000000198. The third-order valence-electron chi connectivity index (χ3n) is 3.14. The molecule has 6 nitrogen and oxygen atoms in total. The van der Waals surface area contributed by atoms with Gasteiger partial charge in [-0.15, -0.1) is 0 Å². The van der Waals surface area contributed by atoms with Crippen LogP contribution in [-0.2, 0) is 5.22 Å². The summed E-state index contributed by atoms with van der Waals surface area (Å²) in [5.74, 6) is -0.879. The Hall–Kier alpha value is -2.68. The van der Waals surface area contributed by atoms with Gasteiger partial charge in [-0.2, -0.15) is 0 Å². The van der Waals surface area contributed by atoms with Crippen molar-refractivity contribution in [2.45, 2.75) is 5.22 Å². The van der Waals surface area contributed by atoms with Crippen molar-refractivity contribution in [2.24, 2.45) is 0 Å². The SMILES string of the molecule is O=C(O)c1ccccc1.[Li][CH2]n1nc(-c2cccnc2)ccc1=O. The average molecular weight is 315 g/mol. The second kappa shape index (κ2) is 8.82. The Labute approximate surface area is 148 Å². The van der Waals surface area contributed by atoms with Crippen LogP contribution in [0.4, 0.5) is 0 Å². The van der Waals surface area contributed by atoms with E-state index in [1.54, 1.807) is 48.8 Å². The molecular weight excluding hydrogens is 301 g/mol. The summed E-state index contributed by atoms with van der Waals surface area (Å²) in [6.45, 7) is 0. The zero-order valence-electron chi connectivity index (χ0n) is 13.2. The van der Waals surface area contributed by atoms with Gasteiger partial charge in [0, 0.05) is 0 Å². The van der Waals surface area contributed by atoms with Gasteiger partial charge in [0.25, 0.3) is 0 Å². The Bertz CT molecular complexity index is 852. The summed E-state index contributed by atoms with van der Waals surface area (Å²) in [7, 11) is 0. The molecule has 116 valence electrons. The molecule has 24 heavy (non-hydrogen) atoms. The number of pyridine rings is 1. The number of hydrogen-bond donors (Lipinski definition) is 1. The van der Waals surface area contributed by atoms with E-state index in [0.717, 1.165) is 11.3 Å². The van der Waals surface area contributed by atoms with Gasteiger partial charge >= 0.3 is 102 Å². The molecule has 0 fully saturated rings. The number of carboxylic acids is 1. The zero-order chi connectivity index (χ0) is 17.4. The van der Waals surface area contributed by atoms with Gasteiger partial charge in [0.2, 0.25) is 0 Å². The Kier molecular flexibility index (Phi) is 6.49. The topological polar surface area (TPSA) is 85.1 Å². The van der Waals surface area contributed by atoms with E-state index >= 15 is 0 Å². The third-order valence-corrected chi connectivity index (χ3v) is 3.14. The zero-order valence-corrected chi connectivity index (χ0v) is 13.2. The van der Waals surface area contributed by atoms with Gasteiger partial charge in [-0.05, 0) is 12.1 Å². The number of nitrogens with zero attached hydrogens (tertiary/aromatic N) is 3. The summed E-state index contributed by atoms with van der Waals surface area (Å²) >= 11 is 1.89. The molecule has 0 saturated carbocycles. The van der Waals surface area contributed by atoms with Crippen LogP contribution < -0.4 is 5.56 Å². The van der Waals surface area contributed by atoms with Crippen molar-refractivity contribution >= 4 is 23.7 Å². The molecular formula is C17H14LiN3O3. The molecule has 0 atom stereocenters. The monoisotopic (exact) mass is 315 g/mol. The maximum atomic E-state index is 11.3. The van der Waals surface area contributed by atoms with Crippen LogP contribution in [-0.4, -0.2) is 43.6 Å². The standard InChI is InChI=1S/C10H8N3O.C7H6O2.Li/c1-13-10(14)5-4-9(12-13)8-3-2-6-11-7-8;8-7(9)6-4-2-1-3-5-6;/h2-7H,1H2;1-5H,(H,8,9);. The van der Waals surface area contributed by atoms with E-state index in [-0.39, 0.29) is 5.56 Å². The molecule has 0 aliphatic carbocycles. The molecule has 0 saturated heterocycles. The number of benzene rings is 1. The number of carbonyl (C=O) groups is 1. The molecule has 0 amide bonds. The number of rotatable bonds is 3. The average Bonchev–Trinajstić information content (AvgIpc) is 2.64. The van der Waals surface area contributed by atoms with E-state index in [0.29, 0.717) is 10.8 Å². The molecule has 2 aromatic heterocycles. The number of carboxylic acid groups (broad SMARTS) is 1. The van der Waals surface area contributed by atoms with Gasteiger partial charge in [0.1, 0.15) is 0 Å². The Morgan fingerprint density at radius 1 is 1.08 bits per heavy atom. The van der Waals surface area contributed by atoms with Crippen molar-refractivity contribution in [2.75, 3.05) is 0 Å². The van der Waals surface area contributed by atoms with Crippen molar-refractivity contribution in [3.05, 3.63) is 82.9 Å². The van der Waals surface area contributed by atoms with Gasteiger partial charge in [-0.25, -0.2) is 4.79 Å². The predicted octanol–water partition coefficient (Wildman–Crippen LogP) is 1.82. The molecule has 0 radical (unpaired) electrons. The van der Waals surface area contributed by atoms with Gasteiger partial charge in [0.15, 0.2) is 0 Å². The fraction of sp³-hybridized carbons (Fsp3) is 0.0588. The Morgan fingerprint density at radius 2 is 1.83 bits per heavy atom. The minimum absolute atomic E-state index is 0.0786. The van der Waals surface area contributed by atoms with E-state index < -0.39 is 5.97 Å². The van der Waals surface area contributed by atoms with Crippen LogP contribution in [0.3, 0.4) is 0 Å². The van der Waals surface area contributed by atoms with Crippen molar-refractivity contribution in [1.82, 2.24) is 14.8 Å². The summed E-state index contributed by atoms with van der Waals surface area (Å²) in [4.78, 5) is 25.5. The van der Waals surface area contributed by atoms with E-state index in [1.807, 2.05) is 29.8 Å². The molecule has 3 rings (SSSR count). The second-order valence-corrected chi connectivity index (χ2v) is 4.79. The normalized spacial score (nSPS) is 9.75. The van der Waals surface area contributed by atoms with Gasteiger partial charge in [-0.1, -0.05) is 18.2 Å². The first-order valence-corrected chi connectivity index (χ1v) is 7.38. The quantitative estimate of drug-likeness (QED) is 0.745. The van der Waals surface area contributed by atoms with Crippen molar-refractivity contribution in [1.29, 1.82) is 0 Å². The minimum atomic E-state index is -0.879. The molecule has 0 bridgehead atoms. The number of hydrogen-bond acceptors (Lipinski definition) is 4. The van der Waals surface area contributed by atoms with Crippen LogP contribution in [0, 0.1) is 0 Å². The summed E-state index contributed by atoms with van der Waals surface area (Å²) in [6, 6.07) is 15.3. The number of aromatic carboxylic acids is 1. The molecule has 0 spiro atoms. The van der Waals surface area contributed by atoms with Crippen LogP contribution >= 0.6 is 0 Å². The molecule has 0 unspecified atom stereocenters. The second-order valence-electron chi connectivity index (χ2n) is 4.79. The maximum absolute atomic E-state index is 11.3. The van der Waals surface area contributed by atoms with Crippen LogP contribution in [0.1, 0.15) is 10.4 Å². The van der Waals surface area contributed by atoms with E-state index in [1.165, 1.54) is 10.7 Å². The van der Waals surface area contributed by atoms with Crippen molar-refractivity contribution < 1.29 is 9.90 Å². The van der Waals surface area contributed by atoms with E-state index in [9.17, 15) is 9.59 Å². The first-order chi connectivity index (χ1) is 11.6. The van der Waals surface area contributed by atoms with Crippen LogP contribution in [0.15, 0.2) is 71.8 Å². The molecule has 0 aliphatic heterocycles. The third kappa shape index (κ3) is 4.91. The molecule has 1 N–H and O–H groups in total. The van der Waals surface area contributed by atoms with Crippen LogP contribution in [0.5, 0.6) is 0 Å². The van der Waals surface area contributed by atoms with Crippen LogP contribution in [0.2, 0.25) is 0 Å². The predicted molar refractivity (Wildman–Crippen MR) is 90.9 cm³/mol. The van der Waals surface area contributed by atoms with Crippen LogP contribution in [0.25, 0.3) is 11.3 Å². The number of aromatic nitrogens is 3. The summed E-state index contributed by atoms with van der Waals surface area (Å²) in [5.41, 5.74) is 1.94. The van der Waals surface area contributed by atoms with E-state index in [4.69, 9.17) is 5.11 Å². The Morgan fingerprint density at radius 3 is 2.38 bits per heavy atom. The fourth-order valence-corrected chi connectivity index (χ4v) is 1.92. The molecule has 0 aliphatic rings. The summed E-state index contributed by atoms with van der Waals surface area (Å²) < 4.78 is 1.43. The molecule has 7 heteroatoms. The first kappa shape index (κ1) is 17.7. The van der Waals surface area contributed by atoms with E-state index in [2.05, 4.69) is 10.1 Å². The molecule has 3 aromatic rings. The summed E-state index contributed by atoms with van der Waals surface area (Å²) in [6.07, 6.45) is 3.44. The molecule has 1 aromatic carbocycles. The summed E-state index contributed by atoms with van der Waals surface area (Å²) in [5, 5.41) is 13.2. The molecule has 2 heterocycles. The van der Waals surface area contributed by atoms with Gasteiger partial charge < -0.3 is 5.11 Å². The first-order valence-electron chi connectivity index (χ1n) is 7.38. The van der Waals surface area contributed by atoms with Gasteiger partial charge in [0.05, 0.1) is 5.56 Å². The van der Waals surface area contributed by atoms with Gasteiger partial charge in [-0.3, -0.25) is 0 Å². The fourth-order valence-electron chi connectivity index (χ4n) is 1.92. The van der Waals surface area contributed by atoms with Crippen molar-refractivity contribution in [3.8, 4) is 11.3 Å². The van der Waals surface area contributed by atoms with Crippen molar-refractivity contribution in [3.63, 3.8) is 0 Å².